The third kappa shape index (κ3) is 3.73. The van der Waals surface area contributed by atoms with Crippen molar-refractivity contribution in [2.45, 2.75) is 6.54 Å². The second kappa shape index (κ2) is 6.71. The summed E-state index contributed by atoms with van der Waals surface area (Å²) < 4.78 is 4.08. The topological polar surface area (TPSA) is 64.7 Å². The molecule has 2 aromatic heterocycles. The zero-order chi connectivity index (χ0) is 16.4. The smallest absolute Gasteiger partial charge is 0.276 e. The number of aryl methyl sites for hydroxylation is 1. The van der Waals surface area contributed by atoms with E-state index in [1.165, 1.54) is 0 Å². The average Bonchev–Trinajstić information content (AvgIpc) is 3.06. The fourth-order valence-electron chi connectivity index (χ4n) is 2.18. The first kappa shape index (κ1) is 16.0. The SMILES string of the molecule is Cn1ncc(I)c1C(=O)Nc1ccn(Cc2cccc(Cl)c2)n1. The molecular formula is C15H13ClIN5O. The minimum Gasteiger partial charge on any atom is -0.304 e. The maximum absolute atomic E-state index is 12.3. The number of nitrogens with one attached hydrogen (secondary N) is 1. The molecule has 3 aromatic rings. The van der Waals surface area contributed by atoms with E-state index in [9.17, 15) is 4.79 Å². The molecule has 0 aliphatic heterocycles. The van der Waals surface area contributed by atoms with Crippen LogP contribution in [-0.4, -0.2) is 25.5 Å². The molecule has 6 nitrogen and oxygen atoms in total. The van der Waals surface area contributed by atoms with Crippen LogP contribution in [0.5, 0.6) is 0 Å². The number of carbonyl (C=O) groups is 1. The summed E-state index contributed by atoms with van der Waals surface area (Å²) in [4.78, 5) is 12.3. The van der Waals surface area contributed by atoms with Gasteiger partial charge in [0.15, 0.2) is 5.82 Å². The second-order valence-corrected chi connectivity index (χ2v) is 6.55. The van der Waals surface area contributed by atoms with Crippen molar-refractivity contribution in [3.63, 3.8) is 0 Å². The van der Waals surface area contributed by atoms with Gasteiger partial charge >= 0.3 is 0 Å². The van der Waals surface area contributed by atoms with E-state index in [1.54, 1.807) is 28.7 Å². The molecule has 0 radical (unpaired) electrons. The molecular weight excluding hydrogens is 429 g/mol. The molecule has 2 heterocycles. The molecule has 0 aliphatic carbocycles. The fraction of sp³-hybridized carbons (Fsp3) is 0.133. The number of amides is 1. The first-order valence-electron chi connectivity index (χ1n) is 6.79. The molecule has 1 amide bonds. The van der Waals surface area contributed by atoms with Crippen LogP contribution in [0.15, 0.2) is 42.7 Å². The number of halogens is 2. The Kier molecular flexibility index (Phi) is 4.67. The van der Waals surface area contributed by atoms with E-state index in [0.717, 1.165) is 9.13 Å². The van der Waals surface area contributed by atoms with E-state index in [-0.39, 0.29) is 5.91 Å². The van der Waals surface area contributed by atoms with Crippen LogP contribution in [-0.2, 0) is 13.6 Å². The highest BCUT2D eigenvalue weighted by molar-refractivity contribution is 14.1. The molecule has 8 heteroatoms. The van der Waals surface area contributed by atoms with Gasteiger partial charge < -0.3 is 5.32 Å². The number of rotatable bonds is 4. The fourth-order valence-corrected chi connectivity index (χ4v) is 3.11. The Hall–Kier alpha value is -1.87. The molecule has 0 bridgehead atoms. The zero-order valence-electron chi connectivity index (χ0n) is 12.2. The second-order valence-electron chi connectivity index (χ2n) is 4.95. The lowest BCUT2D eigenvalue weighted by molar-refractivity contribution is 0.101. The van der Waals surface area contributed by atoms with Crippen molar-refractivity contribution >= 4 is 45.9 Å². The maximum Gasteiger partial charge on any atom is 0.276 e. The summed E-state index contributed by atoms with van der Waals surface area (Å²) in [5.41, 5.74) is 1.55. The quantitative estimate of drug-likeness (QED) is 0.633. The predicted octanol–water partition coefficient (Wildman–Crippen LogP) is 3.18. The van der Waals surface area contributed by atoms with Crippen LogP contribution in [0.25, 0.3) is 0 Å². The van der Waals surface area contributed by atoms with E-state index >= 15 is 0 Å². The molecule has 0 saturated carbocycles. The van der Waals surface area contributed by atoms with Crippen LogP contribution in [0.2, 0.25) is 5.02 Å². The number of benzene rings is 1. The van der Waals surface area contributed by atoms with E-state index < -0.39 is 0 Å². The minimum absolute atomic E-state index is 0.234. The van der Waals surface area contributed by atoms with E-state index in [2.05, 4.69) is 38.1 Å². The molecule has 0 unspecified atom stereocenters. The largest absolute Gasteiger partial charge is 0.304 e. The van der Waals surface area contributed by atoms with Crippen molar-refractivity contribution in [1.29, 1.82) is 0 Å². The Morgan fingerprint density at radius 2 is 2.22 bits per heavy atom. The van der Waals surface area contributed by atoms with Crippen LogP contribution in [0.4, 0.5) is 5.82 Å². The van der Waals surface area contributed by atoms with Gasteiger partial charge in [0.1, 0.15) is 5.69 Å². The van der Waals surface area contributed by atoms with Gasteiger partial charge in [-0.15, -0.1) is 0 Å². The summed E-state index contributed by atoms with van der Waals surface area (Å²) >= 11 is 8.06. The molecule has 0 saturated heterocycles. The third-order valence-corrected chi connectivity index (χ3v) is 4.25. The van der Waals surface area contributed by atoms with Gasteiger partial charge in [-0.25, -0.2) is 0 Å². The Balaban J connectivity index is 1.71. The molecule has 0 atom stereocenters. The molecule has 23 heavy (non-hydrogen) atoms. The molecule has 0 aliphatic rings. The third-order valence-electron chi connectivity index (χ3n) is 3.23. The van der Waals surface area contributed by atoms with Gasteiger partial charge in [-0.3, -0.25) is 14.2 Å². The standard InChI is InChI=1S/C15H13ClIN5O/c1-21-14(12(17)8-18-21)15(23)19-13-5-6-22(20-13)9-10-3-2-4-11(16)7-10/h2-8H,9H2,1H3,(H,19,20,23). The number of aromatic nitrogens is 4. The van der Waals surface area contributed by atoms with Gasteiger partial charge in [0.2, 0.25) is 0 Å². The zero-order valence-corrected chi connectivity index (χ0v) is 15.1. The first-order valence-corrected chi connectivity index (χ1v) is 8.25. The normalized spacial score (nSPS) is 10.7. The van der Waals surface area contributed by atoms with Crippen molar-refractivity contribution in [3.05, 3.63) is 62.6 Å². The molecule has 1 aromatic carbocycles. The summed E-state index contributed by atoms with van der Waals surface area (Å²) in [5, 5.41) is 11.9. The van der Waals surface area contributed by atoms with Crippen LogP contribution >= 0.6 is 34.2 Å². The highest BCUT2D eigenvalue weighted by Gasteiger charge is 2.16. The van der Waals surface area contributed by atoms with Crippen molar-refractivity contribution in [1.82, 2.24) is 19.6 Å². The molecule has 3 rings (SSSR count). The minimum atomic E-state index is -0.234. The Morgan fingerprint density at radius 1 is 1.39 bits per heavy atom. The van der Waals surface area contributed by atoms with Gasteiger partial charge in [-0.2, -0.15) is 10.2 Å². The maximum atomic E-state index is 12.3. The van der Waals surface area contributed by atoms with Gasteiger partial charge in [-0.1, -0.05) is 23.7 Å². The van der Waals surface area contributed by atoms with Crippen molar-refractivity contribution < 1.29 is 4.79 Å². The highest BCUT2D eigenvalue weighted by atomic mass is 127. The van der Waals surface area contributed by atoms with E-state index in [0.29, 0.717) is 23.1 Å². The van der Waals surface area contributed by atoms with Crippen molar-refractivity contribution in [3.8, 4) is 0 Å². The average molecular weight is 442 g/mol. The molecule has 0 fully saturated rings. The van der Waals surface area contributed by atoms with Crippen molar-refractivity contribution in [2.24, 2.45) is 7.05 Å². The van der Waals surface area contributed by atoms with Gasteiger partial charge in [0, 0.05) is 24.3 Å². The monoisotopic (exact) mass is 441 g/mol. The highest BCUT2D eigenvalue weighted by Crippen LogP contribution is 2.14. The van der Waals surface area contributed by atoms with Crippen LogP contribution in [0, 0.1) is 3.57 Å². The Bertz CT molecular complexity index is 838. The molecule has 0 spiro atoms. The first-order chi connectivity index (χ1) is 11.0. The summed E-state index contributed by atoms with van der Waals surface area (Å²) in [6.45, 7) is 0.583. The van der Waals surface area contributed by atoms with Gasteiger partial charge in [0.25, 0.3) is 5.91 Å². The Labute approximate surface area is 151 Å². The number of hydrogen-bond acceptors (Lipinski definition) is 3. The Morgan fingerprint density at radius 3 is 2.91 bits per heavy atom. The summed E-state index contributed by atoms with van der Waals surface area (Å²) in [6.07, 6.45) is 3.46. The number of hydrogen-bond donors (Lipinski definition) is 1. The van der Waals surface area contributed by atoms with Gasteiger partial charge in [0.05, 0.1) is 16.3 Å². The number of anilines is 1. The summed E-state index contributed by atoms with van der Waals surface area (Å²) in [5.74, 6) is 0.261. The van der Waals surface area contributed by atoms with E-state index in [4.69, 9.17) is 11.6 Å². The predicted molar refractivity (Wildman–Crippen MR) is 96.7 cm³/mol. The van der Waals surface area contributed by atoms with Gasteiger partial charge in [-0.05, 0) is 40.3 Å². The number of nitrogens with zero attached hydrogens (tertiary/aromatic N) is 4. The lowest BCUT2D eigenvalue weighted by Crippen LogP contribution is -2.17. The summed E-state index contributed by atoms with van der Waals surface area (Å²) in [6, 6.07) is 9.35. The summed E-state index contributed by atoms with van der Waals surface area (Å²) in [7, 11) is 1.73. The van der Waals surface area contributed by atoms with Crippen LogP contribution in [0.3, 0.4) is 0 Å². The number of carbonyl (C=O) groups excluding carboxylic acids is 1. The van der Waals surface area contributed by atoms with E-state index in [1.807, 2.05) is 30.5 Å². The lowest BCUT2D eigenvalue weighted by atomic mass is 10.2. The lowest BCUT2D eigenvalue weighted by Gasteiger charge is -2.04. The molecule has 118 valence electrons. The van der Waals surface area contributed by atoms with Crippen molar-refractivity contribution in [2.75, 3.05) is 5.32 Å². The van der Waals surface area contributed by atoms with Crippen LogP contribution in [0.1, 0.15) is 16.1 Å². The molecule has 1 N–H and O–H groups in total. The van der Waals surface area contributed by atoms with Crippen LogP contribution < -0.4 is 5.32 Å².